The van der Waals surface area contributed by atoms with Crippen LogP contribution in [0.1, 0.15) is 32.1 Å². The number of unbranched alkanes of at least 4 members (excludes halogenated alkanes) is 2. The third kappa shape index (κ3) is 4.95. The summed E-state index contributed by atoms with van der Waals surface area (Å²) >= 11 is 0. The number of carboxylic acid groups (broad SMARTS) is 1. The van der Waals surface area contributed by atoms with E-state index in [2.05, 4.69) is 0 Å². The first-order chi connectivity index (χ1) is 8.61. The van der Waals surface area contributed by atoms with E-state index in [0.717, 1.165) is 0 Å². The largest absolute Gasteiger partial charge is 0.481 e. The van der Waals surface area contributed by atoms with Crippen LogP contribution < -0.4 is 5.12 Å². The van der Waals surface area contributed by atoms with Crippen LogP contribution in [-0.2, 0) is 9.59 Å². The van der Waals surface area contributed by atoms with Gasteiger partial charge in [-0.1, -0.05) is 29.1 Å². The molecule has 0 heterocycles. The molecule has 0 saturated carbocycles. The maximum absolute atomic E-state index is 13.6. The highest BCUT2D eigenvalue weighted by Gasteiger charge is 2.14. The van der Waals surface area contributed by atoms with Crippen molar-refractivity contribution in [2.75, 3.05) is 5.12 Å². The number of hydrogen-bond acceptors (Lipinski definition) is 2. The van der Waals surface area contributed by atoms with E-state index < -0.39 is 11.9 Å². The Balaban J connectivity index is 2.26. The molecule has 0 bridgehead atoms. The maximum Gasteiger partial charge on any atom is 0.303 e. The lowest BCUT2D eigenvalue weighted by Gasteiger charge is -2.11. The number of aliphatic carboxylic acids is 1. The maximum atomic E-state index is 13.6. The van der Waals surface area contributed by atoms with E-state index in [0.29, 0.717) is 19.3 Å². The number of carboxylic acids is 1. The summed E-state index contributed by atoms with van der Waals surface area (Å²) in [5, 5.41) is 8.56. The molecule has 4 nitrogen and oxygen atoms in total. The summed E-state index contributed by atoms with van der Waals surface area (Å²) < 4.78 is 13.6. The van der Waals surface area contributed by atoms with Gasteiger partial charge >= 0.3 is 5.97 Å². The minimum Gasteiger partial charge on any atom is -0.481 e. The van der Waals surface area contributed by atoms with Gasteiger partial charge in [-0.05, 0) is 25.0 Å². The second kappa shape index (κ2) is 7.42. The molecule has 1 aromatic carbocycles. The second-order valence-electron chi connectivity index (χ2n) is 3.96. The molecule has 0 unspecified atom stereocenters. The first-order valence-electron chi connectivity index (χ1n) is 5.87. The molecule has 0 fully saturated rings. The monoisotopic (exact) mass is 253 g/mol. The molecule has 0 aliphatic carbocycles. The SMILES string of the molecule is O=C(O)CCCCCC(=O)N(F)c1ccccc1. The minimum absolute atomic E-state index is 0.0883. The fourth-order valence-electron chi connectivity index (χ4n) is 1.53. The lowest BCUT2D eigenvalue weighted by atomic mass is 10.1. The number of rotatable bonds is 7. The minimum atomic E-state index is -0.849. The Morgan fingerprint density at radius 1 is 1.06 bits per heavy atom. The Labute approximate surface area is 105 Å². The van der Waals surface area contributed by atoms with E-state index in [1.807, 2.05) is 0 Å². The molecular weight excluding hydrogens is 237 g/mol. The molecule has 5 heteroatoms. The fourth-order valence-corrected chi connectivity index (χ4v) is 1.53. The van der Waals surface area contributed by atoms with Gasteiger partial charge in [0.15, 0.2) is 0 Å². The molecule has 1 N–H and O–H groups in total. The summed E-state index contributed by atoms with van der Waals surface area (Å²) in [5.74, 6) is -1.45. The van der Waals surface area contributed by atoms with E-state index >= 15 is 0 Å². The van der Waals surface area contributed by atoms with Crippen molar-refractivity contribution >= 4 is 17.6 Å². The van der Waals surface area contributed by atoms with E-state index in [1.165, 1.54) is 12.1 Å². The molecule has 0 radical (unpaired) electrons. The van der Waals surface area contributed by atoms with Crippen LogP contribution in [0.4, 0.5) is 10.2 Å². The van der Waals surface area contributed by atoms with E-state index in [9.17, 15) is 14.1 Å². The highest BCUT2D eigenvalue weighted by molar-refractivity contribution is 5.90. The van der Waals surface area contributed by atoms with Crippen LogP contribution in [0.25, 0.3) is 0 Å². The average Bonchev–Trinajstić information content (AvgIpc) is 2.38. The first-order valence-corrected chi connectivity index (χ1v) is 5.87. The van der Waals surface area contributed by atoms with Crippen molar-refractivity contribution in [2.45, 2.75) is 32.1 Å². The number of para-hydroxylation sites is 1. The second-order valence-corrected chi connectivity index (χ2v) is 3.96. The molecule has 18 heavy (non-hydrogen) atoms. The van der Waals surface area contributed by atoms with E-state index in [4.69, 9.17) is 5.11 Å². The Kier molecular flexibility index (Phi) is 5.84. The number of halogens is 1. The highest BCUT2D eigenvalue weighted by Crippen LogP contribution is 2.16. The van der Waals surface area contributed by atoms with Gasteiger partial charge in [-0.2, -0.15) is 0 Å². The van der Waals surface area contributed by atoms with Crippen LogP contribution in [0.5, 0.6) is 0 Å². The molecular formula is C13H16FNO3. The first kappa shape index (κ1) is 14.2. The van der Waals surface area contributed by atoms with Crippen molar-refractivity contribution in [3.8, 4) is 0 Å². The number of carbonyl (C=O) groups is 2. The smallest absolute Gasteiger partial charge is 0.303 e. The number of amides is 1. The molecule has 98 valence electrons. The Bertz CT molecular complexity index is 394. The standard InChI is InChI=1S/C13H16FNO3/c14-15(11-7-3-1-4-8-11)12(16)9-5-2-6-10-13(17)18/h1,3-4,7-8H,2,5-6,9-10H2,(H,17,18). The zero-order chi connectivity index (χ0) is 13.4. The van der Waals surface area contributed by atoms with Gasteiger partial charge in [0.25, 0.3) is 5.91 Å². The van der Waals surface area contributed by atoms with Crippen LogP contribution in [-0.4, -0.2) is 17.0 Å². The van der Waals surface area contributed by atoms with Gasteiger partial charge < -0.3 is 5.11 Å². The van der Waals surface area contributed by atoms with Gasteiger partial charge in [-0.3, -0.25) is 9.59 Å². The predicted octanol–water partition coefficient (Wildman–Crippen LogP) is 2.94. The quantitative estimate of drug-likeness (QED) is 0.600. The summed E-state index contributed by atoms with van der Waals surface area (Å²) in [6, 6.07) is 8.09. The Morgan fingerprint density at radius 3 is 2.28 bits per heavy atom. The predicted molar refractivity (Wildman–Crippen MR) is 65.8 cm³/mol. The van der Waals surface area contributed by atoms with Gasteiger partial charge in [-0.15, -0.1) is 5.12 Å². The van der Waals surface area contributed by atoms with Crippen molar-refractivity contribution in [3.63, 3.8) is 0 Å². The molecule has 1 rings (SSSR count). The number of carbonyl (C=O) groups excluding carboxylic acids is 1. The van der Waals surface area contributed by atoms with Gasteiger partial charge in [-0.25, -0.2) is 0 Å². The summed E-state index contributed by atoms with van der Waals surface area (Å²) in [4.78, 5) is 21.7. The molecule has 0 aliphatic rings. The van der Waals surface area contributed by atoms with Crippen LogP contribution >= 0.6 is 0 Å². The van der Waals surface area contributed by atoms with Gasteiger partial charge in [0.05, 0.1) is 5.69 Å². The molecule has 0 aromatic heterocycles. The van der Waals surface area contributed by atoms with Crippen molar-refractivity contribution in [1.29, 1.82) is 0 Å². The third-order valence-corrected chi connectivity index (χ3v) is 2.48. The molecule has 0 spiro atoms. The van der Waals surface area contributed by atoms with Crippen molar-refractivity contribution in [2.24, 2.45) is 0 Å². The Morgan fingerprint density at radius 2 is 1.67 bits per heavy atom. The van der Waals surface area contributed by atoms with Crippen molar-refractivity contribution < 1.29 is 19.2 Å². The van der Waals surface area contributed by atoms with Gasteiger partial charge in [0, 0.05) is 12.8 Å². The lowest BCUT2D eigenvalue weighted by molar-refractivity contribution is -0.137. The van der Waals surface area contributed by atoms with E-state index in [-0.39, 0.29) is 23.7 Å². The zero-order valence-corrected chi connectivity index (χ0v) is 10.0. The van der Waals surface area contributed by atoms with Crippen LogP contribution in [0.3, 0.4) is 0 Å². The lowest BCUT2D eigenvalue weighted by Crippen LogP contribution is -2.21. The summed E-state index contributed by atoms with van der Waals surface area (Å²) in [5.41, 5.74) is 0.216. The summed E-state index contributed by atoms with van der Waals surface area (Å²) in [7, 11) is 0. The van der Waals surface area contributed by atoms with Crippen LogP contribution in [0.2, 0.25) is 0 Å². The fraction of sp³-hybridized carbons (Fsp3) is 0.385. The van der Waals surface area contributed by atoms with Crippen LogP contribution in [0.15, 0.2) is 30.3 Å². The number of hydrogen-bond donors (Lipinski definition) is 1. The molecule has 0 atom stereocenters. The molecule has 0 aliphatic heterocycles. The number of anilines is 1. The van der Waals surface area contributed by atoms with Crippen molar-refractivity contribution in [1.82, 2.24) is 0 Å². The van der Waals surface area contributed by atoms with Crippen LogP contribution in [0, 0.1) is 0 Å². The zero-order valence-electron chi connectivity index (χ0n) is 10.0. The van der Waals surface area contributed by atoms with Crippen molar-refractivity contribution in [3.05, 3.63) is 30.3 Å². The molecule has 1 aromatic rings. The van der Waals surface area contributed by atoms with Gasteiger partial charge in [0.1, 0.15) is 0 Å². The average molecular weight is 253 g/mol. The topological polar surface area (TPSA) is 57.6 Å². The summed E-state index contributed by atoms with van der Waals surface area (Å²) in [6.45, 7) is 0. The highest BCUT2D eigenvalue weighted by atomic mass is 19.2. The number of benzene rings is 1. The summed E-state index contributed by atoms with van der Waals surface area (Å²) in [6.07, 6.45) is 1.80. The molecule has 1 amide bonds. The third-order valence-electron chi connectivity index (χ3n) is 2.48. The Hall–Kier alpha value is -1.91. The normalized spacial score (nSPS) is 10.1. The number of nitrogens with zero attached hydrogens (tertiary/aromatic N) is 1. The molecule has 0 saturated heterocycles. The van der Waals surface area contributed by atoms with Gasteiger partial charge in [0.2, 0.25) is 0 Å². The van der Waals surface area contributed by atoms with E-state index in [1.54, 1.807) is 18.2 Å².